The molecule has 1 fully saturated rings. The lowest BCUT2D eigenvalue weighted by atomic mass is 9.94. The SMILES string of the molecule is Cc1nc(C2CCNCC2)cc(-n2ccnc2)n1.Cl.Cl. The maximum absolute atomic E-state index is 4.59. The molecule has 1 aliphatic heterocycles. The van der Waals surface area contributed by atoms with Crippen LogP contribution >= 0.6 is 24.8 Å². The van der Waals surface area contributed by atoms with Gasteiger partial charge < -0.3 is 5.32 Å². The topological polar surface area (TPSA) is 55.6 Å². The molecule has 2 aromatic heterocycles. The number of aromatic nitrogens is 4. The normalized spacial score (nSPS) is 15.2. The number of rotatable bonds is 2. The van der Waals surface area contributed by atoms with Gasteiger partial charge in [-0.2, -0.15) is 0 Å². The van der Waals surface area contributed by atoms with Crippen molar-refractivity contribution in [2.45, 2.75) is 25.7 Å². The fourth-order valence-electron chi connectivity index (χ4n) is 2.43. The van der Waals surface area contributed by atoms with E-state index in [4.69, 9.17) is 0 Å². The maximum Gasteiger partial charge on any atom is 0.141 e. The first-order valence-corrected chi connectivity index (χ1v) is 6.37. The Morgan fingerprint density at radius 3 is 2.60 bits per heavy atom. The van der Waals surface area contributed by atoms with Crippen molar-refractivity contribution in [3.8, 4) is 5.82 Å². The van der Waals surface area contributed by atoms with Crippen LogP contribution in [-0.4, -0.2) is 32.6 Å². The third-order valence-electron chi connectivity index (χ3n) is 3.37. The van der Waals surface area contributed by atoms with Crippen molar-refractivity contribution >= 4 is 24.8 Å². The van der Waals surface area contributed by atoms with E-state index in [-0.39, 0.29) is 24.8 Å². The predicted molar refractivity (Wildman–Crippen MR) is 83.2 cm³/mol. The van der Waals surface area contributed by atoms with Crippen LogP contribution in [0, 0.1) is 6.92 Å². The second-order valence-electron chi connectivity index (χ2n) is 4.69. The summed E-state index contributed by atoms with van der Waals surface area (Å²) in [5.74, 6) is 2.29. The summed E-state index contributed by atoms with van der Waals surface area (Å²) in [5, 5.41) is 3.38. The first kappa shape index (κ1) is 16.9. The van der Waals surface area contributed by atoms with Gasteiger partial charge >= 0.3 is 0 Å². The van der Waals surface area contributed by atoms with Gasteiger partial charge in [0, 0.05) is 30.1 Å². The monoisotopic (exact) mass is 315 g/mol. The summed E-state index contributed by atoms with van der Waals surface area (Å²) in [6.45, 7) is 4.10. The molecule has 0 aromatic carbocycles. The molecule has 20 heavy (non-hydrogen) atoms. The average Bonchev–Trinajstić information content (AvgIpc) is 2.93. The zero-order valence-corrected chi connectivity index (χ0v) is 13.0. The highest BCUT2D eigenvalue weighted by Crippen LogP contribution is 2.24. The van der Waals surface area contributed by atoms with Crippen LogP contribution in [0.5, 0.6) is 0 Å². The van der Waals surface area contributed by atoms with Crippen LogP contribution in [0.15, 0.2) is 24.8 Å². The highest BCUT2D eigenvalue weighted by molar-refractivity contribution is 5.85. The van der Waals surface area contributed by atoms with Crippen molar-refractivity contribution in [1.29, 1.82) is 0 Å². The second kappa shape index (κ2) is 7.57. The molecule has 0 saturated carbocycles. The Bertz CT molecular complexity index is 524. The molecule has 0 bridgehead atoms. The van der Waals surface area contributed by atoms with Crippen LogP contribution in [0.2, 0.25) is 0 Å². The van der Waals surface area contributed by atoms with Gasteiger partial charge in [-0.1, -0.05) is 0 Å². The zero-order chi connectivity index (χ0) is 12.4. The van der Waals surface area contributed by atoms with Crippen LogP contribution in [0.4, 0.5) is 0 Å². The molecular formula is C13H19Cl2N5. The summed E-state index contributed by atoms with van der Waals surface area (Å²) in [6, 6.07) is 2.09. The molecule has 3 rings (SSSR count). The van der Waals surface area contributed by atoms with Gasteiger partial charge in [0.2, 0.25) is 0 Å². The number of aryl methyl sites for hydroxylation is 1. The number of imidazole rings is 1. The van der Waals surface area contributed by atoms with Crippen LogP contribution in [-0.2, 0) is 0 Å². The van der Waals surface area contributed by atoms with E-state index in [1.807, 2.05) is 17.7 Å². The average molecular weight is 316 g/mol. The van der Waals surface area contributed by atoms with Crippen LogP contribution in [0.1, 0.15) is 30.3 Å². The van der Waals surface area contributed by atoms with E-state index in [0.717, 1.165) is 43.3 Å². The molecule has 1 aliphatic rings. The Balaban J connectivity index is 0.000001000. The van der Waals surface area contributed by atoms with Crippen LogP contribution in [0.3, 0.4) is 0 Å². The van der Waals surface area contributed by atoms with Crippen LogP contribution < -0.4 is 5.32 Å². The Morgan fingerprint density at radius 1 is 1.20 bits per heavy atom. The zero-order valence-electron chi connectivity index (χ0n) is 11.3. The molecule has 1 N–H and O–H groups in total. The van der Waals surface area contributed by atoms with Crippen molar-refractivity contribution in [1.82, 2.24) is 24.8 Å². The standard InChI is InChI=1S/C13H17N5.2ClH/c1-10-16-12(11-2-4-14-5-3-11)8-13(17-10)18-7-6-15-9-18;;/h6-9,11,14H,2-5H2,1H3;2*1H. The summed E-state index contributed by atoms with van der Waals surface area (Å²) >= 11 is 0. The first-order valence-electron chi connectivity index (χ1n) is 6.37. The molecule has 0 unspecified atom stereocenters. The number of hydrogen-bond donors (Lipinski definition) is 1. The molecule has 0 atom stereocenters. The van der Waals surface area contributed by atoms with Gasteiger partial charge in [-0.25, -0.2) is 15.0 Å². The molecule has 3 heterocycles. The van der Waals surface area contributed by atoms with Crippen molar-refractivity contribution in [3.05, 3.63) is 36.3 Å². The smallest absolute Gasteiger partial charge is 0.141 e. The van der Waals surface area contributed by atoms with Gasteiger partial charge in [0.25, 0.3) is 0 Å². The van der Waals surface area contributed by atoms with Crippen molar-refractivity contribution in [3.63, 3.8) is 0 Å². The predicted octanol–water partition coefficient (Wildman–Crippen LogP) is 2.28. The van der Waals surface area contributed by atoms with Crippen molar-refractivity contribution in [2.24, 2.45) is 0 Å². The third-order valence-corrected chi connectivity index (χ3v) is 3.37. The minimum Gasteiger partial charge on any atom is -0.317 e. The summed E-state index contributed by atoms with van der Waals surface area (Å²) in [5.41, 5.74) is 1.16. The second-order valence-corrected chi connectivity index (χ2v) is 4.69. The van der Waals surface area contributed by atoms with E-state index < -0.39 is 0 Å². The first-order chi connectivity index (χ1) is 8.83. The quantitative estimate of drug-likeness (QED) is 0.923. The molecule has 7 heteroatoms. The molecular weight excluding hydrogens is 297 g/mol. The van der Waals surface area contributed by atoms with E-state index in [9.17, 15) is 0 Å². The number of halogens is 2. The van der Waals surface area contributed by atoms with Crippen molar-refractivity contribution < 1.29 is 0 Å². The molecule has 0 aliphatic carbocycles. The van der Waals surface area contributed by atoms with E-state index in [1.54, 1.807) is 12.5 Å². The lowest BCUT2D eigenvalue weighted by molar-refractivity contribution is 0.452. The van der Waals surface area contributed by atoms with Gasteiger partial charge in [-0.3, -0.25) is 4.57 Å². The van der Waals surface area contributed by atoms with Gasteiger partial charge in [0.05, 0.1) is 0 Å². The van der Waals surface area contributed by atoms with Crippen LogP contribution in [0.25, 0.3) is 5.82 Å². The Kier molecular flexibility index (Phi) is 6.39. The minimum absolute atomic E-state index is 0. The van der Waals surface area contributed by atoms with E-state index in [2.05, 4.69) is 26.3 Å². The highest BCUT2D eigenvalue weighted by Gasteiger charge is 2.17. The number of nitrogens with one attached hydrogen (secondary N) is 1. The van der Waals surface area contributed by atoms with E-state index in [1.165, 1.54) is 0 Å². The van der Waals surface area contributed by atoms with Gasteiger partial charge in [-0.05, 0) is 32.9 Å². The maximum atomic E-state index is 4.59. The molecule has 1 saturated heterocycles. The summed E-state index contributed by atoms with van der Waals surface area (Å²) in [6.07, 6.45) is 7.75. The molecule has 0 spiro atoms. The number of piperidine rings is 1. The fourth-order valence-corrected chi connectivity index (χ4v) is 2.43. The number of nitrogens with zero attached hydrogens (tertiary/aromatic N) is 4. The molecule has 2 aromatic rings. The third kappa shape index (κ3) is 3.69. The van der Waals surface area contributed by atoms with Gasteiger partial charge in [0.15, 0.2) is 0 Å². The van der Waals surface area contributed by atoms with Crippen molar-refractivity contribution in [2.75, 3.05) is 13.1 Å². The number of hydrogen-bond acceptors (Lipinski definition) is 4. The molecule has 0 amide bonds. The van der Waals surface area contributed by atoms with Gasteiger partial charge in [-0.15, -0.1) is 24.8 Å². The minimum atomic E-state index is 0. The van der Waals surface area contributed by atoms with E-state index >= 15 is 0 Å². The Hall–Kier alpha value is -1.17. The lowest BCUT2D eigenvalue weighted by Crippen LogP contribution is -2.27. The summed E-state index contributed by atoms with van der Waals surface area (Å²) in [7, 11) is 0. The highest BCUT2D eigenvalue weighted by atomic mass is 35.5. The fraction of sp³-hybridized carbons (Fsp3) is 0.462. The van der Waals surface area contributed by atoms with Gasteiger partial charge in [0.1, 0.15) is 18.0 Å². The van der Waals surface area contributed by atoms with E-state index in [0.29, 0.717) is 5.92 Å². The summed E-state index contributed by atoms with van der Waals surface area (Å²) in [4.78, 5) is 13.1. The molecule has 0 radical (unpaired) electrons. The largest absolute Gasteiger partial charge is 0.317 e. The molecule has 110 valence electrons. The summed E-state index contributed by atoms with van der Waals surface area (Å²) < 4.78 is 1.93. The molecule has 5 nitrogen and oxygen atoms in total. The Morgan fingerprint density at radius 2 is 1.95 bits per heavy atom. The lowest BCUT2D eigenvalue weighted by Gasteiger charge is -2.22. The Labute approximate surface area is 131 Å².